The van der Waals surface area contributed by atoms with Crippen LogP contribution in [-0.4, -0.2) is 56.9 Å². The molecule has 0 aliphatic carbocycles. The molecular formula is C17H16Cl2N6O. The summed E-state index contributed by atoms with van der Waals surface area (Å²) in [6.45, 7) is 4.36. The Balaban J connectivity index is 1.52. The second kappa shape index (κ2) is 6.74. The van der Waals surface area contributed by atoms with Crippen molar-refractivity contribution in [2.75, 3.05) is 31.1 Å². The van der Waals surface area contributed by atoms with Gasteiger partial charge < -0.3 is 14.8 Å². The van der Waals surface area contributed by atoms with Crippen LogP contribution in [0.4, 0.5) is 5.82 Å². The minimum absolute atomic E-state index is 0.0698. The molecule has 1 N–H and O–H groups in total. The summed E-state index contributed by atoms with van der Waals surface area (Å²) in [6.07, 6.45) is 1.62. The lowest BCUT2D eigenvalue weighted by Gasteiger charge is -2.35. The van der Waals surface area contributed by atoms with Crippen molar-refractivity contribution in [2.24, 2.45) is 0 Å². The van der Waals surface area contributed by atoms with Crippen molar-refractivity contribution in [3.05, 3.63) is 46.0 Å². The molecule has 9 heteroatoms. The lowest BCUT2D eigenvalue weighted by Crippen LogP contribution is -2.49. The molecule has 1 amide bonds. The molecule has 1 saturated heterocycles. The highest BCUT2D eigenvalue weighted by Crippen LogP contribution is 2.24. The number of benzene rings is 1. The van der Waals surface area contributed by atoms with Gasteiger partial charge in [0, 0.05) is 41.8 Å². The third kappa shape index (κ3) is 3.20. The van der Waals surface area contributed by atoms with E-state index in [4.69, 9.17) is 23.2 Å². The Kier molecular flexibility index (Phi) is 4.42. The molecule has 1 aliphatic heterocycles. The molecule has 1 fully saturated rings. The lowest BCUT2D eigenvalue weighted by molar-refractivity contribution is 0.0746. The highest BCUT2D eigenvalue weighted by molar-refractivity contribution is 6.35. The molecule has 3 aromatic rings. The van der Waals surface area contributed by atoms with E-state index in [0.29, 0.717) is 53.3 Å². The summed E-state index contributed by atoms with van der Waals surface area (Å²) in [5.74, 6) is 1.43. The molecule has 1 aromatic carbocycles. The Morgan fingerprint density at radius 1 is 1.08 bits per heavy atom. The summed E-state index contributed by atoms with van der Waals surface area (Å²) < 4.78 is 0. The normalized spacial score (nSPS) is 14.9. The summed E-state index contributed by atoms with van der Waals surface area (Å²) in [5, 5.41) is 0.912. The summed E-state index contributed by atoms with van der Waals surface area (Å²) in [4.78, 5) is 32.8. The number of piperazine rings is 1. The number of amides is 1. The largest absolute Gasteiger partial charge is 0.351 e. The molecule has 2 aromatic heterocycles. The van der Waals surface area contributed by atoms with Gasteiger partial charge in [-0.15, -0.1) is 0 Å². The van der Waals surface area contributed by atoms with Crippen molar-refractivity contribution in [2.45, 2.75) is 6.92 Å². The number of rotatable bonds is 2. The molecular weight excluding hydrogens is 375 g/mol. The number of hydrogen-bond acceptors (Lipinski definition) is 5. The fraction of sp³-hybridized carbons (Fsp3) is 0.294. The van der Waals surface area contributed by atoms with Crippen molar-refractivity contribution in [1.29, 1.82) is 0 Å². The van der Waals surface area contributed by atoms with E-state index in [9.17, 15) is 4.79 Å². The maximum absolute atomic E-state index is 12.7. The fourth-order valence-electron chi connectivity index (χ4n) is 3.13. The first-order valence-corrected chi connectivity index (χ1v) is 8.95. The minimum Gasteiger partial charge on any atom is -0.351 e. The molecule has 1 aliphatic rings. The second-order valence-electron chi connectivity index (χ2n) is 6.13. The van der Waals surface area contributed by atoms with Gasteiger partial charge >= 0.3 is 0 Å². The summed E-state index contributed by atoms with van der Waals surface area (Å²) in [5.41, 5.74) is 1.97. The van der Waals surface area contributed by atoms with Crippen molar-refractivity contribution < 1.29 is 4.79 Å². The Morgan fingerprint density at radius 3 is 2.46 bits per heavy atom. The van der Waals surface area contributed by atoms with Crippen LogP contribution in [0, 0.1) is 6.92 Å². The number of halogens is 2. The zero-order valence-corrected chi connectivity index (χ0v) is 15.5. The number of aromatic amines is 1. The van der Waals surface area contributed by atoms with Gasteiger partial charge in [0.05, 0.1) is 6.33 Å². The van der Waals surface area contributed by atoms with Gasteiger partial charge in [0.2, 0.25) is 0 Å². The fourth-order valence-corrected chi connectivity index (χ4v) is 3.66. The first kappa shape index (κ1) is 17.1. The van der Waals surface area contributed by atoms with Gasteiger partial charge in [0.1, 0.15) is 11.3 Å². The monoisotopic (exact) mass is 390 g/mol. The number of aromatic nitrogens is 4. The number of nitrogens with zero attached hydrogens (tertiary/aromatic N) is 5. The third-order valence-corrected chi connectivity index (χ3v) is 4.79. The summed E-state index contributed by atoms with van der Waals surface area (Å²) in [7, 11) is 0. The Labute approximate surface area is 160 Å². The van der Waals surface area contributed by atoms with Crippen LogP contribution >= 0.6 is 23.2 Å². The van der Waals surface area contributed by atoms with Gasteiger partial charge in [-0.05, 0) is 25.1 Å². The second-order valence-corrected chi connectivity index (χ2v) is 7.01. The van der Waals surface area contributed by atoms with Crippen LogP contribution in [-0.2, 0) is 0 Å². The molecule has 0 bridgehead atoms. The van der Waals surface area contributed by atoms with Crippen molar-refractivity contribution >= 4 is 46.1 Å². The van der Waals surface area contributed by atoms with Gasteiger partial charge in [-0.1, -0.05) is 23.2 Å². The van der Waals surface area contributed by atoms with Crippen LogP contribution in [0.1, 0.15) is 16.2 Å². The molecule has 4 rings (SSSR count). The number of carbonyl (C=O) groups is 1. The first-order valence-electron chi connectivity index (χ1n) is 8.19. The van der Waals surface area contributed by atoms with Gasteiger partial charge in [0.25, 0.3) is 5.91 Å². The minimum atomic E-state index is -0.0698. The zero-order valence-electron chi connectivity index (χ0n) is 14.0. The van der Waals surface area contributed by atoms with Crippen LogP contribution in [0.25, 0.3) is 11.2 Å². The molecule has 0 unspecified atom stereocenters. The molecule has 0 radical (unpaired) electrons. The van der Waals surface area contributed by atoms with E-state index < -0.39 is 0 Å². The average molecular weight is 391 g/mol. The topological polar surface area (TPSA) is 78.0 Å². The maximum Gasteiger partial charge on any atom is 0.254 e. The lowest BCUT2D eigenvalue weighted by atomic mass is 10.2. The van der Waals surface area contributed by atoms with E-state index in [1.54, 1.807) is 29.4 Å². The third-order valence-electron chi connectivity index (χ3n) is 4.35. The number of hydrogen-bond donors (Lipinski definition) is 1. The number of fused-ring (bicyclic) bond motifs is 1. The van der Waals surface area contributed by atoms with E-state index in [-0.39, 0.29) is 5.91 Å². The van der Waals surface area contributed by atoms with Crippen molar-refractivity contribution in [3.63, 3.8) is 0 Å². The van der Waals surface area contributed by atoms with Crippen LogP contribution in [0.15, 0.2) is 24.5 Å². The quantitative estimate of drug-likeness (QED) is 0.727. The van der Waals surface area contributed by atoms with E-state index in [1.807, 2.05) is 6.92 Å². The number of nitrogens with one attached hydrogen (secondary N) is 1. The Morgan fingerprint density at radius 2 is 1.77 bits per heavy atom. The number of aryl methyl sites for hydroxylation is 1. The van der Waals surface area contributed by atoms with Crippen molar-refractivity contribution in [3.8, 4) is 0 Å². The molecule has 0 saturated carbocycles. The maximum atomic E-state index is 12.7. The molecule has 26 heavy (non-hydrogen) atoms. The van der Waals surface area contributed by atoms with E-state index in [1.165, 1.54) is 0 Å². The number of H-pyrrole nitrogens is 1. The smallest absolute Gasteiger partial charge is 0.254 e. The first-order chi connectivity index (χ1) is 12.5. The van der Waals surface area contributed by atoms with E-state index >= 15 is 0 Å². The standard InChI is InChI=1S/C17H16Cl2N6O/c1-10-22-15-14(20-9-21-15)16(23-10)24-2-4-25(5-3-24)17(26)11-6-12(18)8-13(19)7-11/h6-9H,2-5H2,1H3,(H,20,21,22,23). The van der Waals surface area contributed by atoms with Crippen LogP contribution < -0.4 is 4.90 Å². The van der Waals surface area contributed by atoms with E-state index in [0.717, 1.165) is 11.3 Å². The average Bonchev–Trinajstić information content (AvgIpc) is 3.08. The SMILES string of the molecule is Cc1nc(N2CCN(C(=O)c3cc(Cl)cc(Cl)c3)CC2)c2[nH]cnc2n1. The molecule has 0 spiro atoms. The van der Waals surface area contributed by atoms with Gasteiger partial charge in [0.15, 0.2) is 11.5 Å². The molecule has 0 atom stereocenters. The molecule has 3 heterocycles. The number of imidazole rings is 1. The number of anilines is 1. The van der Waals surface area contributed by atoms with Gasteiger partial charge in [-0.3, -0.25) is 4.79 Å². The van der Waals surface area contributed by atoms with Gasteiger partial charge in [-0.2, -0.15) is 0 Å². The highest BCUT2D eigenvalue weighted by Gasteiger charge is 2.25. The molecule has 7 nitrogen and oxygen atoms in total. The van der Waals surface area contributed by atoms with Crippen LogP contribution in [0.5, 0.6) is 0 Å². The predicted molar refractivity (Wildman–Crippen MR) is 101 cm³/mol. The number of carbonyl (C=O) groups excluding carboxylic acids is 1. The van der Waals surface area contributed by atoms with Gasteiger partial charge in [-0.25, -0.2) is 15.0 Å². The molecule has 134 valence electrons. The van der Waals surface area contributed by atoms with E-state index in [2.05, 4.69) is 24.8 Å². The summed E-state index contributed by atoms with van der Waals surface area (Å²) >= 11 is 12.0. The zero-order chi connectivity index (χ0) is 18.3. The van der Waals surface area contributed by atoms with Crippen LogP contribution in [0.2, 0.25) is 10.0 Å². The highest BCUT2D eigenvalue weighted by atomic mass is 35.5. The Hall–Kier alpha value is -2.38. The van der Waals surface area contributed by atoms with Crippen molar-refractivity contribution in [1.82, 2.24) is 24.8 Å². The Bertz CT molecular complexity index is 960. The summed E-state index contributed by atoms with van der Waals surface area (Å²) in [6, 6.07) is 4.90. The van der Waals surface area contributed by atoms with Crippen LogP contribution in [0.3, 0.4) is 0 Å². The predicted octanol–water partition coefficient (Wildman–Crippen LogP) is 2.93.